The molecule has 0 bridgehead atoms. The summed E-state index contributed by atoms with van der Waals surface area (Å²) >= 11 is 6.97. The van der Waals surface area contributed by atoms with Crippen LogP contribution in [0.25, 0.3) is 10.4 Å². The number of aliphatic hydroxyl groups excluding tert-OH is 1. The van der Waals surface area contributed by atoms with E-state index in [1.54, 1.807) is 54.6 Å². The van der Waals surface area contributed by atoms with Crippen LogP contribution in [0.4, 0.5) is 0 Å². The number of benzene rings is 2. The van der Waals surface area contributed by atoms with Gasteiger partial charge in [-0.1, -0.05) is 35.9 Å². The van der Waals surface area contributed by atoms with E-state index in [1.807, 2.05) is 0 Å². The Kier molecular flexibility index (Phi) is 6.28. The average Bonchev–Trinajstić information content (AvgIpc) is 3.26. The first kappa shape index (κ1) is 22.8. The fourth-order valence-electron chi connectivity index (χ4n) is 3.57. The van der Waals surface area contributed by atoms with Crippen LogP contribution in [0.3, 0.4) is 0 Å². The topological polar surface area (TPSA) is 113 Å². The summed E-state index contributed by atoms with van der Waals surface area (Å²) < 4.78 is 33.9. The molecule has 2 unspecified atom stereocenters. The molecule has 2 aromatic carbocycles. The molecule has 3 aromatic rings. The first-order chi connectivity index (χ1) is 15.2. The summed E-state index contributed by atoms with van der Waals surface area (Å²) in [6.45, 7) is -0.0372. The van der Waals surface area contributed by atoms with Crippen LogP contribution in [-0.4, -0.2) is 43.4 Å². The molecule has 0 radical (unpaired) electrons. The third-order valence-corrected chi connectivity index (χ3v) is 8.64. The predicted octanol–water partition coefficient (Wildman–Crippen LogP) is 3.73. The summed E-state index contributed by atoms with van der Waals surface area (Å²) in [5, 5.41) is 19.4. The van der Waals surface area contributed by atoms with E-state index in [0.717, 1.165) is 21.8 Å². The van der Waals surface area contributed by atoms with Gasteiger partial charge < -0.3 is 14.9 Å². The second-order valence-corrected chi connectivity index (χ2v) is 10.8. The molecule has 1 aliphatic rings. The Bertz CT molecular complexity index is 1240. The smallest absolute Gasteiger partial charge is 0.325 e. The highest BCUT2D eigenvalue weighted by Crippen LogP contribution is 2.53. The third kappa shape index (κ3) is 4.53. The molecule has 0 spiro atoms. The normalized spacial score (nSPS) is 20.1. The van der Waals surface area contributed by atoms with E-state index < -0.39 is 27.4 Å². The zero-order valence-corrected chi connectivity index (χ0v) is 19.1. The molecule has 2 atom stereocenters. The van der Waals surface area contributed by atoms with Gasteiger partial charge in [-0.25, -0.2) is 8.42 Å². The van der Waals surface area contributed by atoms with E-state index in [9.17, 15) is 18.3 Å². The molecule has 1 heterocycles. The molecule has 0 saturated heterocycles. The molecule has 1 aliphatic carbocycles. The van der Waals surface area contributed by atoms with E-state index in [0.29, 0.717) is 16.3 Å². The van der Waals surface area contributed by atoms with Crippen molar-refractivity contribution in [2.45, 2.75) is 22.1 Å². The first-order valence-electron chi connectivity index (χ1n) is 9.72. The zero-order valence-electron chi connectivity index (χ0n) is 16.7. The quantitative estimate of drug-likeness (QED) is 0.418. The van der Waals surface area contributed by atoms with Crippen LogP contribution >= 0.6 is 22.9 Å². The number of carboxylic acid groups (broad SMARTS) is 1. The van der Waals surface area contributed by atoms with Gasteiger partial charge in [0.05, 0.1) is 6.61 Å². The number of thiophene rings is 1. The van der Waals surface area contributed by atoms with Gasteiger partial charge in [0.1, 0.15) is 22.1 Å². The second kappa shape index (κ2) is 8.84. The summed E-state index contributed by atoms with van der Waals surface area (Å²) in [4.78, 5) is 12.8. The number of aliphatic hydroxyl groups is 1. The van der Waals surface area contributed by atoms with Crippen molar-refractivity contribution >= 4 is 38.9 Å². The van der Waals surface area contributed by atoms with E-state index in [4.69, 9.17) is 21.4 Å². The maximum Gasteiger partial charge on any atom is 0.325 e. The van der Waals surface area contributed by atoms with Crippen LogP contribution in [0.2, 0.25) is 5.02 Å². The van der Waals surface area contributed by atoms with Gasteiger partial charge in [-0.2, -0.15) is 4.72 Å². The standard InChI is InChI=1S/C22H20ClNO6S2/c23-16-6-4-14(5-7-16)19-8-9-20(31-19)32(28,29)24-22(21(26)27)13-18(22)15-2-1-3-17(12-15)30-11-10-25/h1-9,12,18,24-25H,10-11,13H2,(H,26,27). The van der Waals surface area contributed by atoms with Gasteiger partial charge in [0, 0.05) is 15.8 Å². The van der Waals surface area contributed by atoms with Crippen LogP contribution < -0.4 is 9.46 Å². The fraction of sp³-hybridized carbons (Fsp3) is 0.227. The zero-order chi connectivity index (χ0) is 22.9. The van der Waals surface area contributed by atoms with Crippen molar-refractivity contribution in [3.05, 3.63) is 71.2 Å². The van der Waals surface area contributed by atoms with E-state index in [-0.39, 0.29) is 23.8 Å². The van der Waals surface area contributed by atoms with Crippen molar-refractivity contribution in [1.82, 2.24) is 4.72 Å². The van der Waals surface area contributed by atoms with Crippen molar-refractivity contribution in [3.63, 3.8) is 0 Å². The Morgan fingerprint density at radius 3 is 2.62 bits per heavy atom. The number of halogens is 1. The van der Waals surface area contributed by atoms with Gasteiger partial charge in [-0.05, 0) is 53.9 Å². The number of carboxylic acids is 1. The molecule has 168 valence electrons. The minimum atomic E-state index is -4.06. The Morgan fingerprint density at radius 2 is 1.94 bits per heavy atom. The minimum Gasteiger partial charge on any atom is -0.491 e. The largest absolute Gasteiger partial charge is 0.491 e. The van der Waals surface area contributed by atoms with Gasteiger partial charge in [0.2, 0.25) is 0 Å². The monoisotopic (exact) mass is 493 g/mol. The number of hydrogen-bond donors (Lipinski definition) is 3. The minimum absolute atomic E-state index is 0.0359. The van der Waals surface area contributed by atoms with Crippen molar-refractivity contribution in [1.29, 1.82) is 0 Å². The summed E-state index contributed by atoms with van der Waals surface area (Å²) in [5.41, 5.74) is -0.157. The van der Waals surface area contributed by atoms with Crippen LogP contribution in [0.15, 0.2) is 64.9 Å². The lowest BCUT2D eigenvalue weighted by Crippen LogP contribution is -2.44. The Balaban J connectivity index is 1.56. The van der Waals surface area contributed by atoms with Crippen molar-refractivity contribution in [3.8, 4) is 16.2 Å². The first-order valence-corrected chi connectivity index (χ1v) is 12.4. The van der Waals surface area contributed by atoms with Gasteiger partial charge >= 0.3 is 5.97 Å². The number of sulfonamides is 1. The molecular weight excluding hydrogens is 474 g/mol. The van der Waals surface area contributed by atoms with E-state index in [1.165, 1.54) is 6.07 Å². The van der Waals surface area contributed by atoms with Crippen LogP contribution in [0, 0.1) is 0 Å². The van der Waals surface area contributed by atoms with Crippen molar-refractivity contribution in [2.75, 3.05) is 13.2 Å². The highest BCUT2D eigenvalue weighted by atomic mass is 35.5. The second-order valence-electron chi connectivity index (χ2n) is 7.41. The number of hydrogen-bond acceptors (Lipinski definition) is 6. The van der Waals surface area contributed by atoms with E-state index >= 15 is 0 Å². The highest BCUT2D eigenvalue weighted by Gasteiger charge is 2.63. The molecule has 10 heteroatoms. The maximum atomic E-state index is 13.0. The number of aliphatic carboxylic acids is 1. The summed E-state index contributed by atoms with van der Waals surface area (Å²) in [6, 6.07) is 17.0. The Labute approximate surface area is 194 Å². The molecule has 32 heavy (non-hydrogen) atoms. The van der Waals surface area contributed by atoms with Gasteiger partial charge in [0.25, 0.3) is 10.0 Å². The van der Waals surface area contributed by atoms with Crippen LogP contribution in [0.5, 0.6) is 5.75 Å². The average molecular weight is 494 g/mol. The molecule has 1 saturated carbocycles. The number of carbonyl (C=O) groups is 1. The van der Waals surface area contributed by atoms with Crippen molar-refractivity contribution < 1.29 is 28.2 Å². The summed E-state index contributed by atoms with van der Waals surface area (Å²) in [5.74, 6) is -1.29. The van der Waals surface area contributed by atoms with Gasteiger partial charge in [0.15, 0.2) is 0 Å². The number of rotatable bonds is 9. The number of nitrogens with one attached hydrogen (secondary N) is 1. The molecule has 0 amide bonds. The lowest BCUT2D eigenvalue weighted by atomic mass is 10.1. The molecule has 3 N–H and O–H groups in total. The summed E-state index contributed by atoms with van der Waals surface area (Å²) in [7, 11) is -4.06. The van der Waals surface area contributed by atoms with Crippen LogP contribution in [0.1, 0.15) is 17.9 Å². The molecule has 7 nitrogen and oxygen atoms in total. The molecule has 0 aliphatic heterocycles. The Hall–Kier alpha value is -2.43. The molecular formula is C22H20ClNO6S2. The molecule has 4 rings (SSSR count). The predicted molar refractivity (Wildman–Crippen MR) is 122 cm³/mol. The van der Waals surface area contributed by atoms with E-state index in [2.05, 4.69) is 4.72 Å². The van der Waals surface area contributed by atoms with Crippen molar-refractivity contribution in [2.24, 2.45) is 0 Å². The third-order valence-electron chi connectivity index (χ3n) is 5.25. The molecule has 1 aromatic heterocycles. The summed E-state index contributed by atoms with van der Waals surface area (Å²) in [6.07, 6.45) is 0.125. The lowest BCUT2D eigenvalue weighted by molar-refractivity contribution is -0.140. The molecule has 1 fully saturated rings. The maximum absolute atomic E-state index is 13.0. The number of ether oxygens (including phenoxy) is 1. The van der Waals surface area contributed by atoms with Gasteiger partial charge in [-0.15, -0.1) is 11.3 Å². The van der Waals surface area contributed by atoms with Gasteiger partial charge in [-0.3, -0.25) is 4.79 Å². The Morgan fingerprint density at radius 1 is 1.19 bits per heavy atom. The SMILES string of the molecule is O=C(O)C1(NS(=O)(=O)c2ccc(-c3ccc(Cl)cc3)s2)CC1c1cccc(OCCO)c1. The fourth-order valence-corrected chi connectivity index (χ4v) is 6.41. The highest BCUT2D eigenvalue weighted by molar-refractivity contribution is 7.91. The lowest BCUT2D eigenvalue weighted by Gasteiger charge is -2.15. The van der Waals surface area contributed by atoms with Crippen LogP contribution in [-0.2, 0) is 14.8 Å².